The Labute approximate surface area is 286 Å². The minimum Gasteiger partial charge on any atom is -0.432 e. The highest BCUT2D eigenvalue weighted by Gasteiger charge is 2.66. The van der Waals surface area contributed by atoms with Crippen molar-refractivity contribution >= 4 is 37.4 Å². The summed E-state index contributed by atoms with van der Waals surface area (Å²) in [5.74, 6) is -0.820. The number of hydrogen-bond acceptors (Lipinski definition) is 6. The Morgan fingerprint density at radius 3 is 2.44 bits per heavy atom. The molecule has 0 unspecified atom stereocenters. The summed E-state index contributed by atoms with van der Waals surface area (Å²) in [7, 11) is -3.01. The molecule has 0 aliphatic carbocycles. The van der Waals surface area contributed by atoms with E-state index in [1.807, 2.05) is 68.5 Å². The molecule has 2 aromatic rings. The number of benzene rings is 2. The number of fused-ring (bicyclic) bond motifs is 2. The summed E-state index contributed by atoms with van der Waals surface area (Å²) in [4.78, 5) is 58.0. The van der Waals surface area contributed by atoms with E-state index in [4.69, 9.17) is 4.74 Å². The summed E-state index contributed by atoms with van der Waals surface area (Å²) in [5.41, 5.74) is 3.67. The molecule has 2 aromatic carbocycles. The summed E-state index contributed by atoms with van der Waals surface area (Å²) < 4.78 is 6.93. The minimum atomic E-state index is -3.01. The third-order valence-electron chi connectivity index (χ3n) is 10.2. The fourth-order valence-electron chi connectivity index (χ4n) is 7.66. The third-order valence-corrected chi connectivity index (χ3v) is 12.7. The van der Waals surface area contributed by atoms with Crippen LogP contribution in [0.2, 0.25) is 18.6 Å². The molecule has 2 saturated heterocycles. The van der Waals surface area contributed by atoms with E-state index >= 15 is 0 Å². The lowest BCUT2D eigenvalue weighted by Gasteiger charge is -2.33. The average molecular weight is 674 g/mol. The Hall–Kier alpha value is -3.57. The third kappa shape index (κ3) is 7.08. The number of amides is 3. The molecule has 258 valence electrons. The van der Waals surface area contributed by atoms with Crippen LogP contribution in [0.25, 0.3) is 0 Å². The van der Waals surface area contributed by atoms with Crippen molar-refractivity contribution in [3.05, 3.63) is 83.0 Å². The van der Waals surface area contributed by atoms with E-state index in [2.05, 4.69) is 32.9 Å². The average Bonchev–Trinajstić information content (AvgIpc) is 3.45. The summed E-state index contributed by atoms with van der Waals surface area (Å²) in [5, 5.41) is 9.82. The molecule has 1 spiro atoms. The fraction of sp³-hybridized carbons (Fsp3) is 0.500. The molecule has 10 heteroatoms. The maximum absolute atomic E-state index is 14.8. The highest BCUT2D eigenvalue weighted by molar-refractivity contribution is 6.71. The number of carbonyl (C=O) groups is 3. The first-order valence-electron chi connectivity index (χ1n) is 17.2. The van der Waals surface area contributed by atoms with Crippen LogP contribution in [0.1, 0.15) is 64.5 Å². The maximum atomic E-state index is 14.8. The fourth-order valence-corrected chi connectivity index (χ4v) is 10.2. The number of aliphatic hydroxyl groups excluding tert-OH is 1. The smallest absolute Gasteiger partial charge is 0.264 e. The number of rotatable bonds is 13. The lowest BCUT2D eigenvalue weighted by molar-refractivity contribution is -0.149. The van der Waals surface area contributed by atoms with Crippen LogP contribution in [0.4, 0.5) is 11.4 Å². The predicted octanol–water partition coefficient (Wildman–Crippen LogP) is 5.67. The molecule has 0 bridgehead atoms. The van der Waals surface area contributed by atoms with Crippen molar-refractivity contribution in [2.24, 2.45) is 5.92 Å². The van der Waals surface area contributed by atoms with Crippen LogP contribution in [0.15, 0.2) is 71.8 Å². The number of carbonyl (C=O) groups excluding carboxylic acids is 3. The van der Waals surface area contributed by atoms with E-state index in [9.17, 15) is 24.3 Å². The second-order valence-corrected chi connectivity index (χ2v) is 18.3. The molecule has 0 saturated carbocycles. The molecule has 9 nitrogen and oxygen atoms in total. The summed E-state index contributed by atoms with van der Waals surface area (Å²) in [6.07, 6.45) is 5.85. The van der Waals surface area contributed by atoms with Crippen LogP contribution in [0, 0.1) is 5.92 Å². The van der Waals surface area contributed by atoms with E-state index in [1.54, 1.807) is 14.7 Å². The summed E-state index contributed by atoms with van der Waals surface area (Å²) in [6.45, 7) is 13.2. The molecule has 2 N–H and O–H groups in total. The molecule has 3 aliphatic rings. The van der Waals surface area contributed by atoms with Gasteiger partial charge in [-0.2, -0.15) is 0 Å². The van der Waals surface area contributed by atoms with Gasteiger partial charge in [-0.1, -0.05) is 60.6 Å². The van der Waals surface area contributed by atoms with Gasteiger partial charge in [-0.05, 0) is 70.5 Å². The Morgan fingerprint density at radius 2 is 1.83 bits per heavy atom. The molecule has 3 aliphatic heterocycles. The Bertz CT molecular complexity index is 1580. The van der Waals surface area contributed by atoms with Gasteiger partial charge < -0.3 is 29.3 Å². The highest BCUT2D eigenvalue weighted by Crippen LogP contribution is 2.60. The van der Waals surface area contributed by atoms with Gasteiger partial charge in [-0.25, -0.2) is 0 Å². The van der Waals surface area contributed by atoms with Gasteiger partial charge in [0.25, 0.3) is 5.91 Å². The molecule has 0 aromatic heterocycles. The largest absolute Gasteiger partial charge is 0.432 e. The summed E-state index contributed by atoms with van der Waals surface area (Å²) in [6, 6.07) is 15.3. The van der Waals surface area contributed by atoms with Crippen LogP contribution in [0.5, 0.6) is 0 Å². The van der Waals surface area contributed by atoms with Gasteiger partial charge in [0.05, 0.1) is 24.8 Å². The van der Waals surface area contributed by atoms with Crippen molar-refractivity contribution in [3.8, 4) is 0 Å². The monoisotopic (exact) mass is 673 g/mol. The first-order valence-corrected chi connectivity index (χ1v) is 20.2. The zero-order chi connectivity index (χ0) is 34.8. The zero-order valence-electron chi connectivity index (χ0n) is 29.2. The van der Waals surface area contributed by atoms with Crippen molar-refractivity contribution < 1.29 is 29.0 Å². The lowest BCUT2D eigenvalue weighted by Crippen LogP contribution is -2.46. The molecular formula is C38H51N3O6Si. The van der Waals surface area contributed by atoms with Crippen molar-refractivity contribution in [1.82, 2.24) is 4.90 Å². The molecule has 0 radical (unpaired) electrons. The van der Waals surface area contributed by atoms with Crippen molar-refractivity contribution in [1.29, 1.82) is 0 Å². The predicted molar refractivity (Wildman–Crippen MR) is 191 cm³/mol. The lowest BCUT2D eigenvalue weighted by atomic mass is 9.82. The first-order chi connectivity index (χ1) is 22.8. The van der Waals surface area contributed by atoms with E-state index in [0.29, 0.717) is 31.6 Å². The quantitative estimate of drug-likeness (QED) is 0.161. The second-order valence-electron chi connectivity index (χ2n) is 14.4. The normalized spacial score (nSPS) is 23.8. The van der Waals surface area contributed by atoms with Gasteiger partial charge in [-0.3, -0.25) is 14.4 Å². The molecular weight excluding hydrogens is 623 g/mol. The van der Waals surface area contributed by atoms with Gasteiger partial charge in [0, 0.05) is 55.3 Å². The van der Waals surface area contributed by atoms with Crippen molar-refractivity contribution in [2.75, 3.05) is 36.0 Å². The topological polar surface area (TPSA) is 111 Å². The van der Waals surface area contributed by atoms with E-state index in [0.717, 1.165) is 29.8 Å². The molecule has 3 amide bonds. The number of aliphatic hydroxyl groups is 1. The molecule has 3 heterocycles. The van der Waals surface area contributed by atoms with Gasteiger partial charge in [-0.15, -0.1) is 0 Å². The Kier molecular flexibility index (Phi) is 10.8. The van der Waals surface area contributed by atoms with Crippen LogP contribution in [-0.4, -0.2) is 73.2 Å². The van der Waals surface area contributed by atoms with Crippen molar-refractivity contribution in [2.45, 2.75) is 90.3 Å². The van der Waals surface area contributed by atoms with Crippen molar-refractivity contribution in [3.63, 3.8) is 0 Å². The first kappa shape index (κ1) is 35.7. The summed E-state index contributed by atoms with van der Waals surface area (Å²) >= 11 is 0. The van der Waals surface area contributed by atoms with Crippen LogP contribution >= 0.6 is 0 Å². The van der Waals surface area contributed by atoms with Crippen LogP contribution < -0.4 is 9.80 Å². The Balaban J connectivity index is 1.51. The van der Waals surface area contributed by atoms with E-state index < -0.39 is 31.5 Å². The van der Waals surface area contributed by atoms with Gasteiger partial charge in [0.1, 0.15) is 0 Å². The van der Waals surface area contributed by atoms with Gasteiger partial charge >= 0.3 is 0 Å². The second kappa shape index (κ2) is 14.5. The van der Waals surface area contributed by atoms with Gasteiger partial charge in [0.2, 0.25) is 11.8 Å². The number of hydrogen-bond donors (Lipinski definition) is 2. The van der Waals surface area contributed by atoms with Crippen LogP contribution in [-0.2, 0) is 31.3 Å². The number of nitrogens with zero attached hydrogens (tertiary/aromatic N) is 3. The van der Waals surface area contributed by atoms with Gasteiger partial charge in [0.15, 0.2) is 13.9 Å². The highest BCUT2D eigenvalue weighted by atomic mass is 28.4. The number of ether oxygens (including phenoxy) is 1. The minimum absolute atomic E-state index is 0.0309. The maximum Gasteiger partial charge on any atom is 0.264 e. The van der Waals surface area contributed by atoms with E-state index in [-0.39, 0.29) is 37.3 Å². The zero-order valence-corrected chi connectivity index (χ0v) is 30.2. The number of β-lactam (4-membered cyclic amide) rings is 1. The molecule has 4 atom stereocenters. The molecule has 2 fully saturated rings. The Morgan fingerprint density at radius 1 is 1.10 bits per heavy atom. The van der Waals surface area contributed by atoms with E-state index in [1.165, 1.54) is 11.1 Å². The molecule has 5 rings (SSSR count). The molecule has 48 heavy (non-hydrogen) atoms. The van der Waals surface area contributed by atoms with Crippen LogP contribution in [0.3, 0.4) is 0 Å². The SMILES string of the molecule is CC(C)=CCC/C(C)=C/CN1C(=O)[C@]2(O[C@H](CC(=O)N(CCO)Cc3ccccc3)[C@@H]([Si](C)(C)O)[C@@H]2C)c2cc(N3CCC3=O)ccc21. The standard InChI is InChI=1S/C38H51N3O6Si/c1-26(2)11-10-12-27(3)17-19-41-32-16-15-30(40-20-18-34(40)43)23-31(32)38(37(41)45)28(4)36(48(5,6)46)33(47-38)24-35(44)39(21-22-42)25-29-13-8-7-9-14-29/h7-9,11,13-17,23,28,33,36,42,46H,10,12,18-22,24-25H2,1-6H3/b27-17+/t28-,33+,36-,38+/m0/s1. The number of anilines is 2. The number of allylic oxidation sites excluding steroid dienone is 3.